The second kappa shape index (κ2) is 7.03. The molecule has 6 nitrogen and oxygen atoms in total. The predicted molar refractivity (Wildman–Crippen MR) is 83.7 cm³/mol. The van der Waals surface area contributed by atoms with Gasteiger partial charge in [0.15, 0.2) is 0 Å². The molecule has 2 aromatic rings. The third-order valence-corrected chi connectivity index (χ3v) is 2.67. The molecule has 6 heteroatoms. The maximum Gasteiger partial charge on any atom is 0.308 e. The number of hydrazone groups is 1. The van der Waals surface area contributed by atoms with Gasteiger partial charge in [0.05, 0.1) is 6.21 Å². The van der Waals surface area contributed by atoms with Gasteiger partial charge in [0.25, 0.3) is 5.91 Å². The number of carbonyl (C=O) groups excluding carboxylic acids is 2. The van der Waals surface area contributed by atoms with Gasteiger partial charge < -0.3 is 10.5 Å². The highest BCUT2D eigenvalue weighted by molar-refractivity contribution is 5.95. The number of carbonyl (C=O) groups is 2. The molecule has 2 rings (SSSR count). The molecule has 0 spiro atoms. The molecule has 0 saturated carbocycles. The van der Waals surface area contributed by atoms with Crippen LogP contribution in [0.4, 0.5) is 5.69 Å². The van der Waals surface area contributed by atoms with Gasteiger partial charge in [-0.05, 0) is 48.0 Å². The Hall–Kier alpha value is -3.15. The van der Waals surface area contributed by atoms with Crippen LogP contribution in [0.3, 0.4) is 0 Å². The molecular formula is C16H15N3O3. The monoisotopic (exact) mass is 297 g/mol. The Balaban J connectivity index is 1.94. The zero-order valence-electron chi connectivity index (χ0n) is 11.9. The molecule has 2 aromatic carbocycles. The van der Waals surface area contributed by atoms with Gasteiger partial charge in [0, 0.05) is 18.2 Å². The Morgan fingerprint density at radius 3 is 2.55 bits per heavy atom. The maximum atomic E-state index is 11.8. The molecule has 22 heavy (non-hydrogen) atoms. The number of nitrogen functional groups attached to an aromatic ring is 1. The number of anilines is 1. The molecule has 0 unspecified atom stereocenters. The van der Waals surface area contributed by atoms with E-state index >= 15 is 0 Å². The Bertz CT molecular complexity index is 709. The van der Waals surface area contributed by atoms with Gasteiger partial charge >= 0.3 is 5.97 Å². The van der Waals surface area contributed by atoms with Crippen LogP contribution in [-0.2, 0) is 4.79 Å². The smallest absolute Gasteiger partial charge is 0.308 e. The lowest BCUT2D eigenvalue weighted by Crippen LogP contribution is -2.17. The minimum atomic E-state index is -0.379. The quantitative estimate of drug-likeness (QED) is 0.296. The number of amides is 1. The highest BCUT2D eigenvalue weighted by Crippen LogP contribution is 2.11. The van der Waals surface area contributed by atoms with E-state index in [1.807, 2.05) is 0 Å². The molecule has 112 valence electrons. The summed E-state index contributed by atoms with van der Waals surface area (Å²) < 4.78 is 4.92. The molecule has 0 aliphatic heterocycles. The Morgan fingerprint density at radius 1 is 1.18 bits per heavy atom. The molecule has 0 aromatic heterocycles. The zero-order chi connectivity index (χ0) is 15.9. The number of esters is 1. The van der Waals surface area contributed by atoms with Crippen LogP contribution in [0.15, 0.2) is 53.6 Å². The topological polar surface area (TPSA) is 93.8 Å². The van der Waals surface area contributed by atoms with Crippen LogP contribution in [-0.4, -0.2) is 18.1 Å². The average molecular weight is 297 g/mol. The number of benzene rings is 2. The van der Waals surface area contributed by atoms with Gasteiger partial charge in [-0.2, -0.15) is 5.10 Å². The van der Waals surface area contributed by atoms with E-state index in [9.17, 15) is 9.59 Å². The van der Waals surface area contributed by atoms with E-state index in [0.717, 1.165) is 5.56 Å². The molecule has 1 amide bonds. The third kappa shape index (κ3) is 4.45. The number of ether oxygens (including phenoxy) is 1. The van der Waals surface area contributed by atoms with Crippen molar-refractivity contribution in [1.82, 2.24) is 5.43 Å². The fourth-order valence-electron chi connectivity index (χ4n) is 1.70. The molecule has 0 fully saturated rings. The predicted octanol–water partition coefficient (Wildman–Crippen LogP) is 1.96. The van der Waals surface area contributed by atoms with Crippen molar-refractivity contribution in [2.45, 2.75) is 6.92 Å². The van der Waals surface area contributed by atoms with E-state index in [2.05, 4.69) is 10.5 Å². The van der Waals surface area contributed by atoms with Crippen LogP contribution in [0.5, 0.6) is 5.75 Å². The summed E-state index contributed by atoms with van der Waals surface area (Å²) in [5.74, 6) is -0.274. The summed E-state index contributed by atoms with van der Waals surface area (Å²) in [4.78, 5) is 22.6. The first-order valence-electron chi connectivity index (χ1n) is 6.52. The summed E-state index contributed by atoms with van der Waals surface area (Å²) in [6, 6.07) is 13.3. The van der Waals surface area contributed by atoms with Crippen molar-refractivity contribution in [1.29, 1.82) is 0 Å². The number of nitrogens with one attached hydrogen (secondary N) is 1. The summed E-state index contributed by atoms with van der Waals surface area (Å²) in [5, 5.41) is 3.87. The largest absolute Gasteiger partial charge is 0.427 e. The van der Waals surface area contributed by atoms with E-state index in [0.29, 0.717) is 17.0 Å². The van der Waals surface area contributed by atoms with Crippen molar-refractivity contribution in [3.63, 3.8) is 0 Å². The summed E-state index contributed by atoms with van der Waals surface area (Å²) in [6.07, 6.45) is 1.49. The summed E-state index contributed by atoms with van der Waals surface area (Å²) in [7, 11) is 0. The number of rotatable bonds is 4. The summed E-state index contributed by atoms with van der Waals surface area (Å²) >= 11 is 0. The van der Waals surface area contributed by atoms with Crippen molar-refractivity contribution >= 4 is 23.8 Å². The van der Waals surface area contributed by atoms with Gasteiger partial charge in [-0.3, -0.25) is 9.59 Å². The first kappa shape index (κ1) is 15.2. The molecule has 0 saturated heterocycles. The van der Waals surface area contributed by atoms with Gasteiger partial charge in [0.2, 0.25) is 0 Å². The van der Waals surface area contributed by atoms with E-state index < -0.39 is 0 Å². The highest BCUT2D eigenvalue weighted by atomic mass is 16.5. The van der Waals surface area contributed by atoms with Crippen molar-refractivity contribution in [3.05, 3.63) is 59.7 Å². The molecule has 0 aliphatic rings. The van der Waals surface area contributed by atoms with Crippen LogP contribution in [0.25, 0.3) is 0 Å². The van der Waals surface area contributed by atoms with E-state index in [1.54, 1.807) is 48.5 Å². The maximum absolute atomic E-state index is 11.8. The van der Waals surface area contributed by atoms with Gasteiger partial charge in [0.1, 0.15) is 5.75 Å². The highest BCUT2D eigenvalue weighted by Gasteiger charge is 2.03. The summed E-state index contributed by atoms with van der Waals surface area (Å²) in [6.45, 7) is 1.33. The minimum Gasteiger partial charge on any atom is -0.427 e. The Kier molecular flexibility index (Phi) is 4.87. The number of nitrogens with zero attached hydrogens (tertiary/aromatic N) is 1. The molecular weight excluding hydrogens is 282 g/mol. The second-order valence-electron chi connectivity index (χ2n) is 4.49. The molecule has 0 radical (unpaired) electrons. The van der Waals surface area contributed by atoms with Crippen molar-refractivity contribution in [2.24, 2.45) is 5.10 Å². The first-order chi connectivity index (χ1) is 10.5. The Labute approximate surface area is 127 Å². The van der Waals surface area contributed by atoms with Crippen LogP contribution >= 0.6 is 0 Å². The molecule has 0 heterocycles. The SMILES string of the molecule is CC(=O)Oc1ccc(/C=N\NC(=O)c2cccc(N)c2)cc1. The minimum absolute atomic E-state index is 0.347. The van der Waals surface area contributed by atoms with Crippen LogP contribution < -0.4 is 15.9 Å². The van der Waals surface area contributed by atoms with Crippen LogP contribution in [0.1, 0.15) is 22.8 Å². The van der Waals surface area contributed by atoms with E-state index in [1.165, 1.54) is 13.1 Å². The molecule has 0 bridgehead atoms. The normalized spacial score (nSPS) is 10.4. The molecule has 0 aliphatic carbocycles. The van der Waals surface area contributed by atoms with Crippen molar-refractivity contribution in [2.75, 3.05) is 5.73 Å². The lowest BCUT2D eigenvalue weighted by molar-refractivity contribution is -0.131. The Morgan fingerprint density at radius 2 is 1.91 bits per heavy atom. The molecule has 0 atom stereocenters. The van der Waals surface area contributed by atoms with Gasteiger partial charge in [-0.25, -0.2) is 5.43 Å². The number of hydrogen-bond donors (Lipinski definition) is 2. The first-order valence-corrected chi connectivity index (χ1v) is 6.52. The lowest BCUT2D eigenvalue weighted by atomic mass is 10.2. The van der Waals surface area contributed by atoms with Gasteiger partial charge in [-0.1, -0.05) is 6.07 Å². The van der Waals surface area contributed by atoms with Crippen molar-refractivity contribution in [3.8, 4) is 5.75 Å². The second-order valence-corrected chi connectivity index (χ2v) is 4.49. The van der Waals surface area contributed by atoms with Crippen LogP contribution in [0.2, 0.25) is 0 Å². The van der Waals surface area contributed by atoms with E-state index in [-0.39, 0.29) is 11.9 Å². The summed E-state index contributed by atoms with van der Waals surface area (Å²) in [5.41, 5.74) is 9.72. The standard InChI is InChI=1S/C16H15N3O3/c1-11(20)22-15-7-5-12(6-8-15)10-18-19-16(21)13-3-2-4-14(17)9-13/h2-10H,17H2,1H3,(H,19,21)/b18-10-. The fraction of sp³-hybridized carbons (Fsp3) is 0.0625. The number of hydrogen-bond acceptors (Lipinski definition) is 5. The average Bonchev–Trinajstić information content (AvgIpc) is 2.48. The number of nitrogens with two attached hydrogens (primary N) is 1. The van der Waals surface area contributed by atoms with E-state index in [4.69, 9.17) is 10.5 Å². The third-order valence-electron chi connectivity index (χ3n) is 2.67. The lowest BCUT2D eigenvalue weighted by Gasteiger charge is -2.02. The fourth-order valence-corrected chi connectivity index (χ4v) is 1.70. The van der Waals surface area contributed by atoms with Crippen molar-refractivity contribution < 1.29 is 14.3 Å². The van der Waals surface area contributed by atoms with Crippen LogP contribution in [0, 0.1) is 0 Å². The zero-order valence-corrected chi connectivity index (χ0v) is 11.9. The molecule has 3 N–H and O–H groups in total. The van der Waals surface area contributed by atoms with Gasteiger partial charge in [-0.15, -0.1) is 0 Å².